The fourth-order valence-corrected chi connectivity index (χ4v) is 4.34. The molecule has 4 rings (SSSR count). The summed E-state index contributed by atoms with van der Waals surface area (Å²) in [6.45, 7) is 9.80. The number of nitrogens with zero attached hydrogens (tertiary/aromatic N) is 3. The van der Waals surface area contributed by atoms with Crippen LogP contribution in [0.25, 0.3) is 10.2 Å². The van der Waals surface area contributed by atoms with Crippen LogP contribution < -0.4 is 14.4 Å². The average molecular weight is 412 g/mol. The summed E-state index contributed by atoms with van der Waals surface area (Å²) in [7, 11) is 0. The summed E-state index contributed by atoms with van der Waals surface area (Å²) in [4.78, 5) is 22.2. The van der Waals surface area contributed by atoms with Gasteiger partial charge >= 0.3 is 0 Å². The lowest BCUT2D eigenvalue weighted by atomic mass is 10.1. The number of hydrogen-bond acceptors (Lipinski definition) is 6. The maximum Gasteiger partial charge on any atom is 0.260 e. The van der Waals surface area contributed by atoms with E-state index in [4.69, 9.17) is 14.5 Å². The Morgan fingerprint density at radius 1 is 1.07 bits per heavy atom. The standard InChI is InChI=1S/C22H25N3O3S/c1-4-24(5-2)10-11-25(21(26)16-8-6-15(3)7-9-16)22-23-17-12-18-19(28-14-27-18)13-20(17)29-22/h6-9,12-13H,4-5,10-11,14H2,1-3H3. The molecule has 0 N–H and O–H groups in total. The molecule has 0 fully saturated rings. The Bertz CT molecular complexity index is 971. The Morgan fingerprint density at radius 2 is 1.76 bits per heavy atom. The molecule has 1 aliphatic heterocycles. The molecular weight excluding hydrogens is 386 g/mol. The molecule has 2 heterocycles. The first-order chi connectivity index (χ1) is 14.1. The highest BCUT2D eigenvalue weighted by atomic mass is 32.1. The van der Waals surface area contributed by atoms with Crippen LogP contribution in [0.2, 0.25) is 0 Å². The van der Waals surface area contributed by atoms with Crippen LogP contribution in [0.5, 0.6) is 11.5 Å². The third-order valence-electron chi connectivity index (χ3n) is 5.18. The second-order valence-corrected chi connectivity index (χ2v) is 8.03. The van der Waals surface area contributed by atoms with Gasteiger partial charge in [0.2, 0.25) is 6.79 Å². The molecule has 1 amide bonds. The van der Waals surface area contributed by atoms with Gasteiger partial charge in [-0.2, -0.15) is 0 Å². The van der Waals surface area contributed by atoms with E-state index < -0.39 is 0 Å². The molecule has 6 nitrogen and oxygen atoms in total. The first kappa shape index (κ1) is 19.7. The number of carbonyl (C=O) groups is 1. The quantitative estimate of drug-likeness (QED) is 0.579. The third kappa shape index (κ3) is 4.06. The minimum absolute atomic E-state index is 0.0312. The van der Waals surface area contributed by atoms with Crippen LogP contribution in [0.15, 0.2) is 36.4 Å². The molecule has 0 unspecified atom stereocenters. The summed E-state index contributed by atoms with van der Waals surface area (Å²) >= 11 is 1.50. The molecule has 152 valence electrons. The van der Waals surface area contributed by atoms with E-state index >= 15 is 0 Å². The summed E-state index contributed by atoms with van der Waals surface area (Å²) in [5.41, 5.74) is 2.62. The van der Waals surface area contributed by atoms with Gasteiger partial charge in [-0.25, -0.2) is 4.98 Å². The van der Waals surface area contributed by atoms with Crippen molar-refractivity contribution in [3.63, 3.8) is 0 Å². The average Bonchev–Trinajstić information content (AvgIpc) is 3.35. The molecule has 0 radical (unpaired) electrons. The van der Waals surface area contributed by atoms with Crippen molar-refractivity contribution in [2.75, 3.05) is 37.9 Å². The molecule has 1 aliphatic rings. The van der Waals surface area contributed by atoms with E-state index in [1.165, 1.54) is 11.3 Å². The lowest BCUT2D eigenvalue weighted by molar-refractivity contribution is 0.0984. The number of rotatable bonds is 7. The topological polar surface area (TPSA) is 54.9 Å². The van der Waals surface area contributed by atoms with Crippen LogP contribution in [-0.2, 0) is 0 Å². The number of aromatic nitrogens is 1. The smallest absolute Gasteiger partial charge is 0.260 e. The van der Waals surface area contributed by atoms with E-state index in [9.17, 15) is 4.79 Å². The number of ether oxygens (including phenoxy) is 2. The highest BCUT2D eigenvalue weighted by Gasteiger charge is 2.23. The van der Waals surface area contributed by atoms with Crippen molar-refractivity contribution in [3.8, 4) is 11.5 Å². The maximum absolute atomic E-state index is 13.3. The number of thiazole rings is 1. The molecule has 3 aromatic rings. The van der Waals surface area contributed by atoms with E-state index in [1.807, 2.05) is 43.3 Å². The molecule has 0 aliphatic carbocycles. The zero-order chi connectivity index (χ0) is 20.4. The van der Waals surface area contributed by atoms with Gasteiger partial charge in [-0.05, 0) is 32.1 Å². The second-order valence-electron chi connectivity index (χ2n) is 7.02. The molecule has 0 saturated carbocycles. The highest BCUT2D eigenvalue weighted by Crippen LogP contribution is 2.40. The minimum atomic E-state index is -0.0312. The van der Waals surface area contributed by atoms with Crippen LogP contribution >= 0.6 is 11.3 Å². The Balaban J connectivity index is 1.68. The van der Waals surface area contributed by atoms with Gasteiger partial charge in [0.25, 0.3) is 5.91 Å². The second kappa shape index (κ2) is 8.39. The summed E-state index contributed by atoms with van der Waals surface area (Å²) in [6.07, 6.45) is 0. The SMILES string of the molecule is CCN(CC)CCN(C(=O)c1ccc(C)cc1)c1nc2cc3c(cc2s1)OCO3. The van der Waals surface area contributed by atoms with Crippen LogP contribution in [-0.4, -0.2) is 48.8 Å². The van der Waals surface area contributed by atoms with Crippen molar-refractivity contribution in [3.05, 3.63) is 47.5 Å². The molecule has 0 saturated heterocycles. The number of likely N-dealkylation sites (N-methyl/N-ethyl adjacent to an activating group) is 1. The molecule has 0 bridgehead atoms. The van der Waals surface area contributed by atoms with Crippen LogP contribution in [0.4, 0.5) is 5.13 Å². The minimum Gasteiger partial charge on any atom is -0.454 e. The highest BCUT2D eigenvalue weighted by molar-refractivity contribution is 7.22. The van der Waals surface area contributed by atoms with Crippen molar-refractivity contribution in [2.45, 2.75) is 20.8 Å². The number of fused-ring (bicyclic) bond motifs is 2. The summed E-state index contributed by atoms with van der Waals surface area (Å²) in [6, 6.07) is 11.5. The number of carbonyl (C=O) groups excluding carboxylic acids is 1. The number of aryl methyl sites for hydroxylation is 1. The van der Waals surface area contributed by atoms with Gasteiger partial charge in [-0.3, -0.25) is 9.69 Å². The van der Waals surface area contributed by atoms with Gasteiger partial charge in [0.1, 0.15) is 0 Å². The van der Waals surface area contributed by atoms with Crippen molar-refractivity contribution in [2.24, 2.45) is 0 Å². The molecule has 2 aromatic carbocycles. The number of anilines is 1. The van der Waals surface area contributed by atoms with Crippen LogP contribution in [0.3, 0.4) is 0 Å². The maximum atomic E-state index is 13.3. The summed E-state index contributed by atoms with van der Waals surface area (Å²) in [5, 5.41) is 0.696. The molecule has 29 heavy (non-hydrogen) atoms. The number of hydrogen-bond donors (Lipinski definition) is 0. The van der Waals surface area contributed by atoms with E-state index in [-0.39, 0.29) is 12.7 Å². The van der Waals surface area contributed by atoms with E-state index in [0.29, 0.717) is 23.0 Å². The van der Waals surface area contributed by atoms with Crippen LogP contribution in [0.1, 0.15) is 29.8 Å². The molecule has 0 atom stereocenters. The van der Waals surface area contributed by atoms with Crippen LogP contribution in [0, 0.1) is 6.92 Å². The summed E-state index contributed by atoms with van der Waals surface area (Å²) < 4.78 is 11.9. The normalized spacial score (nSPS) is 12.7. The fraction of sp³-hybridized carbons (Fsp3) is 0.364. The van der Waals surface area contributed by atoms with E-state index in [1.54, 1.807) is 4.90 Å². The zero-order valence-corrected chi connectivity index (χ0v) is 17.8. The van der Waals surface area contributed by atoms with Crippen molar-refractivity contribution < 1.29 is 14.3 Å². The number of benzene rings is 2. The molecule has 1 aromatic heterocycles. The fourth-order valence-electron chi connectivity index (χ4n) is 3.34. The van der Waals surface area contributed by atoms with Crippen molar-refractivity contribution >= 4 is 32.6 Å². The first-order valence-electron chi connectivity index (χ1n) is 9.90. The first-order valence-corrected chi connectivity index (χ1v) is 10.7. The zero-order valence-electron chi connectivity index (χ0n) is 17.0. The van der Waals surface area contributed by atoms with Gasteiger partial charge < -0.3 is 14.4 Å². The van der Waals surface area contributed by atoms with Gasteiger partial charge in [0, 0.05) is 30.8 Å². The van der Waals surface area contributed by atoms with Gasteiger partial charge in [-0.15, -0.1) is 0 Å². The Kier molecular flexibility index (Phi) is 5.69. The van der Waals surface area contributed by atoms with Gasteiger partial charge in [-0.1, -0.05) is 42.9 Å². The third-order valence-corrected chi connectivity index (χ3v) is 6.22. The monoisotopic (exact) mass is 411 g/mol. The number of amides is 1. The Labute approximate surface area is 174 Å². The molecule has 0 spiro atoms. The van der Waals surface area contributed by atoms with Gasteiger partial charge in [0.15, 0.2) is 16.6 Å². The van der Waals surface area contributed by atoms with Crippen molar-refractivity contribution in [1.29, 1.82) is 0 Å². The lowest BCUT2D eigenvalue weighted by Gasteiger charge is -2.24. The van der Waals surface area contributed by atoms with Crippen molar-refractivity contribution in [1.82, 2.24) is 9.88 Å². The summed E-state index contributed by atoms with van der Waals surface area (Å²) in [5.74, 6) is 1.40. The predicted molar refractivity (Wildman–Crippen MR) is 116 cm³/mol. The Hall–Kier alpha value is -2.64. The van der Waals surface area contributed by atoms with E-state index in [0.717, 1.165) is 41.2 Å². The molecular formula is C22H25N3O3S. The largest absolute Gasteiger partial charge is 0.454 e. The predicted octanol–water partition coefficient (Wildman–Crippen LogP) is 4.32. The molecule has 7 heteroatoms. The Morgan fingerprint density at radius 3 is 2.45 bits per heavy atom. The van der Waals surface area contributed by atoms with E-state index in [2.05, 4.69) is 18.7 Å². The van der Waals surface area contributed by atoms with Gasteiger partial charge in [0.05, 0.1) is 10.2 Å². The lowest BCUT2D eigenvalue weighted by Crippen LogP contribution is -2.38.